The van der Waals surface area contributed by atoms with Crippen LogP contribution in [-0.2, 0) is 21.9 Å². The second-order valence-electron chi connectivity index (χ2n) is 8.46. The lowest BCUT2D eigenvalue weighted by Gasteiger charge is -2.32. The normalized spacial score (nSPS) is 20.9. The maximum absolute atomic E-state index is 13.1. The lowest BCUT2D eigenvalue weighted by atomic mass is 9.96. The topological polar surface area (TPSA) is 84.7 Å². The monoisotopic (exact) mass is 446 g/mol. The molecule has 0 saturated carbocycles. The number of aryl methyl sites for hydroxylation is 2. The van der Waals surface area contributed by atoms with Crippen molar-refractivity contribution in [2.75, 3.05) is 33.3 Å². The van der Waals surface area contributed by atoms with Crippen LogP contribution in [0.2, 0.25) is 0 Å². The van der Waals surface area contributed by atoms with E-state index in [0.717, 1.165) is 25.3 Å². The molecule has 9 heteroatoms. The lowest BCUT2D eigenvalue weighted by Crippen LogP contribution is -2.43. The molecule has 3 heterocycles. The van der Waals surface area contributed by atoms with Gasteiger partial charge in [0.05, 0.1) is 7.11 Å². The van der Waals surface area contributed by atoms with Crippen molar-refractivity contribution in [2.45, 2.75) is 37.1 Å². The molecule has 2 aliphatic rings. The highest BCUT2D eigenvalue weighted by atomic mass is 32.2. The van der Waals surface area contributed by atoms with Crippen molar-refractivity contribution in [1.82, 2.24) is 18.8 Å². The molecule has 0 radical (unpaired) electrons. The lowest BCUT2D eigenvalue weighted by molar-refractivity contribution is -0.135. The van der Waals surface area contributed by atoms with Crippen LogP contribution in [0.25, 0.3) is 0 Å². The van der Waals surface area contributed by atoms with Gasteiger partial charge < -0.3 is 14.2 Å². The molecule has 168 valence electrons. The Morgan fingerprint density at radius 1 is 1.10 bits per heavy atom. The summed E-state index contributed by atoms with van der Waals surface area (Å²) in [7, 11) is -0.185. The van der Waals surface area contributed by atoms with Crippen LogP contribution in [-0.4, -0.2) is 66.4 Å². The summed E-state index contributed by atoms with van der Waals surface area (Å²) in [4.78, 5) is 19.2. The number of rotatable bonds is 5. The molecule has 8 nitrogen and oxygen atoms in total. The first-order valence-corrected chi connectivity index (χ1v) is 12.2. The number of carbonyl (C=O) groups excluding carboxylic acids is 1. The van der Waals surface area contributed by atoms with Crippen molar-refractivity contribution in [3.8, 4) is 5.75 Å². The number of ether oxygens (including phenoxy) is 1. The molecule has 1 amide bonds. The van der Waals surface area contributed by atoms with Crippen molar-refractivity contribution < 1.29 is 17.9 Å². The molecule has 4 rings (SSSR count). The number of methoxy groups -OCH3 is 1. The summed E-state index contributed by atoms with van der Waals surface area (Å²) in [6.45, 7) is 3.95. The highest BCUT2D eigenvalue weighted by Crippen LogP contribution is 2.31. The van der Waals surface area contributed by atoms with E-state index in [1.807, 2.05) is 17.0 Å². The number of likely N-dealkylation sites (tertiary alicyclic amines) is 1. The van der Waals surface area contributed by atoms with Crippen LogP contribution in [0.15, 0.2) is 35.5 Å². The Labute approximate surface area is 183 Å². The number of nitrogens with zero attached hydrogens (tertiary/aromatic N) is 4. The zero-order chi connectivity index (χ0) is 22.2. The second kappa shape index (κ2) is 8.63. The van der Waals surface area contributed by atoms with Crippen molar-refractivity contribution >= 4 is 15.9 Å². The molecule has 0 aliphatic carbocycles. The van der Waals surface area contributed by atoms with E-state index in [9.17, 15) is 13.2 Å². The summed E-state index contributed by atoms with van der Waals surface area (Å²) in [5.41, 5.74) is 1.22. The molecule has 0 bridgehead atoms. The van der Waals surface area contributed by atoms with Gasteiger partial charge in [-0.1, -0.05) is 12.1 Å². The average molecular weight is 447 g/mol. The number of carbonyl (C=O) groups is 1. The van der Waals surface area contributed by atoms with E-state index in [2.05, 4.69) is 17.1 Å². The van der Waals surface area contributed by atoms with Gasteiger partial charge in [-0.2, -0.15) is 4.31 Å². The van der Waals surface area contributed by atoms with E-state index >= 15 is 0 Å². The maximum atomic E-state index is 13.1. The van der Waals surface area contributed by atoms with Crippen LogP contribution in [0, 0.1) is 12.8 Å². The van der Waals surface area contributed by atoms with Gasteiger partial charge in [0.2, 0.25) is 5.91 Å². The standard InChI is InChI=1S/C22H30N4O4S/c1-16-23-21(15-24(16)2)31(28,29)26-12-9-18(10-13-26)22(27)25-11-8-19(14-25)17-4-6-20(30-3)7-5-17/h4-7,15,18-19H,8-14H2,1-3H3. The van der Waals surface area contributed by atoms with Crippen LogP contribution < -0.4 is 4.74 Å². The van der Waals surface area contributed by atoms with Crippen molar-refractivity contribution in [2.24, 2.45) is 13.0 Å². The van der Waals surface area contributed by atoms with Crippen molar-refractivity contribution in [1.29, 1.82) is 0 Å². The molecule has 2 fully saturated rings. The van der Waals surface area contributed by atoms with Crippen molar-refractivity contribution in [3.05, 3.63) is 41.9 Å². The summed E-state index contributed by atoms with van der Waals surface area (Å²) in [6, 6.07) is 8.05. The van der Waals surface area contributed by atoms with Gasteiger partial charge in [0.15, 0.2) is 5.03 Å². The SMILES string of the molecule is COc1ccc(C2CCN(C(=O)C3CCN(S(=O)(=O)c4cn(C)c(C)n4)CC3)C2)cc1. The average Bonchev–Trinajstić information content (AvgIpc) is 3.41. The smallest absolute Gasteiger partial charge is 0.262 e. The number of amides is 1. The Bertz CT molecular complexity index is 1020. The summed E-state index contributed by atoms with van der Waals surface area (Å²) in [6.07, 6.45) is 3.59. The Hall–Kier alpha value is -2.39. The van der Waals surface area contributed by atoms with Crippen LogP contribution in [0.5, 0.6) is 5.75 Å². The van der Waals surface area contributed by atoms with Gasteiger partial charge in [-0.3, -0.25) is 4.79 Å². The van der Waals surface area contributed by atoms with Crippen LogP contribution in [0.3, 0.4) is 0 Å². The third-order valence-corrected chi connectivity index (χ3v) is 8.35. The molecule has 2 saturated heterocycles. The highest BCUT2D eigenvalue weighted by molar-refractivity contribution is 7.89. The molecule has 0 N–H and O–H groups in total. The van der Waals surface area contributed by atoms with Crippen LogP contribution in [0.1, 0.15) is 36.6 Å². The van der Waals surface area contributed by atoms with Gasteiger partial charge in [-0.05, 0) is 43.9 Å². The fourth-order valence-corrected chi connectivity index (χ4v) is 5.99. The fraction of sp³-hybridized carbons (Fsp3) is 0.545. The quantitative estimate of drug-likeness (QED) is 0.703. The Morgan fingerprint density at radius 2 is 1.77 bits per heavy atom. The van der Waals surface area contributed by atoms with Crippen LogP contribution in [0.4, 0.5) is 0 Å². The first kappa shape index (κ1) is 21.8. The minimum atomic E-state index is -3.62. The Kier molecular flexibility index (Phi) is 6.07. The van der Waals surface area contributed by atoms with Gasteiger partial charge in [0.25, 0.3) is 10.0 Å². The molecule has 1 atom stereocenters. The van der Waals surface area contributed by atoms with E-state index in [4.69, 9.17) is 4.74 Å². The van der Waals surface area contributed by atoms with Gasteiger partial charge in [0.1, 0.15) is 11.6 Å². The van der Waals surface area contributed by atoms with Gasteiger partial charge >= 0.3 is 0 Å². The molecule has 0 spiro atoms. The molecule has 2 aromatic rings. The van der Waals surface area contributed by atoms with E-state index < -0.39 is 10.0 Å². The summed E-state index contributed by atoms with van der Waals surface area (Å²) >= 11 is 0. The summed E-state index contributed by atoms with van der Waals surface area (Å²) < 4.78 is 34.1. The number of piperidine rings is 1. The molecular formula is C22H30N4O4S. The van der Waals surface area contributed by atoms with E-state index in [1.54, 1.807) is 31.8 Å². The van der Waals surface area contributed by atoms with E-state index in [0.29, 0.717) is 37.7 Å². The molecule has 1 unspecified atom stereocenters. The van der Waals surface area contributed by atoms with Gasteiger partial charge in [0, 0.05) is 51.3 Å². The largest absolute Gasteiger partial charge is 0.497 e. The van der Waals surface area contributed by atoms with Gasteiger partial charge in [-0.25, -0.2) is 13.4 Å². The Balaban J connectivity index is 1.34. The minimum Gasteiger partial charge on any atom is -0.497 e. The second-order valence-corrected chi connectivity index (χ2v) is 10.3. The third-order valence-electron chi connectivity index (χ3n) is 6.58. The highest BCUT2D eigenvalue weighted by Gasteiger charge is 2.37. The predicted molar refractivity (Wildman–Crippen MR) is 116 cm³/mol. The van der Waals surface area contributed by atoms with E-state index in [-0.39, 0.29) is 16.9 Å². The zero-order valence-electron chi connectivity index (χ0n) is 18.3. The van der Waals surface area contributed by atoms with Gasteiger partial charge in [-0.15, -0.1) is 0 Å². The molecular weight excluding hydrogens is 416 g/mol. The Morgan fingerprint density at radius 3 is 2.35 bits per heavy atom. The number of sulfonamides is 1. The predicted octanol–water partition coefficient (Wildman–Crippen LogP) is 2.15. The number of hydrogen-bond acceptors (Lipinski definition) is 5. The first-order valence-electron chi connectivity index (χ1n) is 10.7. The third kappa shape index (κ3) is 4.34. The molecule has 2 aliphatic heterocycles. The first-order chi connectivity index (χ1) is 14.8. The fourth-order valence-electron chi connectivity index (χ4n) is 4.49. The number of benzene rings is 1. The number of imidazole rings is 1. The number of hydrogen-bond donors (Lipinski definition) is 0. The van der Waals surface area contributed by atoms with E-state index in [1.165, 1.54) is 9.87 Å². The molecule has 1 aromatic carbocycles. The maximum Gasteiger partial charge on any atom is 0.262 e. The molecule has 31 heavy (non-hydrogen) atoms. The zero-order valence-corrected chi connectivity index (χ0v) is 19.1. The number of aromatic nitrogens is 2. The summed E-state index contributed by atoms with van der Waals surface area (Å²) in [5.74, 6) is 1.86. The van der Waals surface area contributed by atoms with Crippen molar-refractivity contribution in [3.63, 3.8) is 0 Å². The minimum absolute atomic E-state index is 0.0825. The summed E-state index contributed by atoms with van der Waals surface area (Å²) in [5, 5.41) is 0.0825. The van der Waals surface area contributed by atoms with Crippen LogP contribution >= 0.6 is 0 Å². The molecule has 1 aromatic heterocycles.